The number of hydrogen-bond acceptors (Lipinski definition) is 5. The van der Waals surface area contributed by atoms with Crippen LogP contribution in [0.15, 0.2) is 6.33 Å². The number of rotatable bonds is 6. The van der Waals surface area contributed by atoms with Crippen molar-refractivity contribution in [2.75, 3.05) is 32.1 Å². The molecule has 0 unspecified atom stereocenters. The van der Waals surface area contributed by atoms with Crippen molar-refractivity contribution in [1.29, 1.82) is 0 Å². The average molecular weight is 238 g/mol. The molecule has 0 aliphatic heterocycles. The molecule has 1 aromatic rings. The lowest BCUT2D eigenvalue weighted by Gasteiger charge is -2.21. The number of nitrogens with zero attached hydrogens (tertiary/aromatic N) is 3. The Morgan fingerprint density at radius 1 is 1.41 bits per heavy atom. The van der Waals surface area contributed by atoms with Crippen molar-refractivity contribution in [2.24, 2.45) is 0 Å². The molecule has 5 heteroatoms. The second-order valence-electron chi connectivity index (χ2n) is 4.36. The zero-order valence-electron chi connectivity index (χ0n) is 11.3. The van der Waals surface area contributed by atoms with Crippen LogP contribution in [0.4, 0.5) is 5.82 Å². The van der Waals surface area contributed by atoms with E-state index in [1.165, 1.54) is 6.33 Å². The largest absolute Gasteiger partial charge is 0.481 e. The van der Waals surface area contributed by atoms with E-state index < -0.39 is 0 Å². The van der Waals surface area contributed by atoms with Gasteiger partial charge in [-0.25, -0.2) is 9.97 Å². The summed E-state index contributed by atoms with van der Waals surface area (Å²) >= 11 is 0. The van der Waals surface area contributed by atoms with Crippen LogP contribution in [0.2, 0.25) is 0 Å². The monoisotopic (exact) mass is 238 g/mol. The van der Waals surface area contributed by atoms with Gasteiger partial charge < -0.3 is 15.0 Å². The van der Waals surface area contributed by atoms with Crippen LogP contribution >= 0.6 is 0 Å². The highest BCUT2D eigenvalue weighted by atomic mass is 16.5. The summed E-state index contributed by atoms with van der Waals surface area (Å²) in [6.45, 7) is 8.08. The maximum Gasteiger partial charge on any atom is 0.221 e. The molecule has 1 aromatic heterocycles. The van der Waals surface area contributed by atoms with Crippen molar-refractivity contribution in [1.82, 2.24) is 15.3 Å². The summed E-state index contributed by atoms with van der Waals surface area (Å²) in [5, 5.41) is 3.38. The van der Waals surface area contributed by atoms with Crippen LogP contribution in [0, 0.1) is 6.92 Å². The summed E-state index contributed by atoms with van der Waals surface area (Å²) in [6.07, 6.45) is 1.54. The smallest absolute Gasteiger partial charge is 0.221 e. The Balaban J connectivity index is 2.65. The van der Waals surface area contributed by atoms with E-state index in [1.807, 2.05) is 14.0 Å². The van der Waals surface area contributed by atoms with Crippen molar-refractivity contribution in [3.63, 3.8) is 0 Å². The van der Waals surface area contributed by atoms with Crippen LogP contribution in [0.25, 0.3) is 0 Å². The molecule has 0 atom stereocenters. The van der Waals surface area contributed by atoms with E-state index in [0.29, 0.717) is 11.9 Å². The molecule has 0 spiro atoms. The predicted molar refractivity (Wildman–Crippen MR) is 69.7 cm³/mol. The molecule has 0 saturated carbocycles. The van der Waals surface area contributed by atoms with Crippen molar-refractivity contribution in [2.45, 2.75) is 26.8 Å². The second kappa shape index (κ2) is 6.39. The summed E-state index contributed by atoms with van der Waals surface area (Å²) in [4.78, 5) is 10.5. The van der Waals surface area contributed by atoms with E-state index in [0.717, 1.165) is 24.5 Å². The van der Waals surface area contributed by atoms with Gasteiger partial charge in [-0.2, -0.15) is 0 Å². The third-order valence-corrected chi connectivity index (χ3v) is 2.57. The first kappa shape index (κ1) is 13.7. The van der Waals surface area contributed by atoms with Gasteiger partial charge in [0.1, 0.15) is 12.1 Å². The van der Waals surface area contributed by atoms with Gasteiger partial charge in [0.05, 0.1) is 12.7 Å². The number of nitrogens with one attached hydrogen (secondary N) is 1. The Kier molecular flexibility index (Phi) is 5.15. The number of hydrogen-bond donors (Lipinski definition) is 1. The van der Waals surface area contributed by atoms with Gasteiger partial charge in [0.25, 0.3) is 0 Å². The zero-order chi connectivity index (χ0) is 12.8. The quantitative estimate of drug-likeness (QED) is 0.807. The van der Waals surface area contributed by atoms with Crippen molar-refractivity contribution in [3.8, 4) is 5.88 Å². The van der Waals surface area contributed by atoms with Gasteiger partial charge in [0.2, 0.25) is 5.88 Å². The lowest BCUT2D eigenvalue weighted by molar-refractivity contribution is 0.393. The molecular formula is C12H22N4O. The highest BCUT2D eigenvalue weighted by Gasteiger charge is 2.10. The molecule has 0 bridgehead atoms. The normalized spacial score (nSPS) is 10.7. The minimum Gasteiger partial charge on any atom is -0.481 e. The standard InChI is InChI=1S/C12H22N4O/c1-9(2)13-6-7-16(4)11-10(3)12(17-5)15-8-14-11/h8-9,13H,6-7H2,1-5H3. The molecule has 96 valence electrons. The van der Waals surface area contributed by atoms with Gasteiger partial charge in [-0.3, -0.25) is 0 Å². The molecule has 5 nitrogen and oxygen atoms in total. The fraction of sp³-hybridized carbons (Fsp3) is 0.667. The molecule has 1 N–H and O–H groups in total. The molecular weight excluding hydrogens is 216 g/mol. The van der Waals surface area contributed by atoms with E-state index >= 15 is 0 Å². The predicted octanol–water partition coefficient (Wildman–Crippen LogP) is 1.23. The van der Waals surface area contributed by atoms with Crippen LogP contribution in [-0.2, 0) is 0 Å². The number of aromatic nitrogens is 2. The first-order valence-electron chi connectivity index (χ1n) is 5.86. The minimum absolute atomic E-state index is 0.504. The van der Waals surface area contributed by atoms with Crippen molar-refractivity contribution in [3.05, 3.63) is 11.9 Å². The molecule has 1 heterocycles. The van der Waals surface area contributed by atoms with Gasteiger partial charge in [0.15, 0.2) is 0 Å². The summed E-state index contributed by atoms with van der Waals surface area (Å²) in [7, 11) is 3.65. The van der Waals surface area contributed by atoms with Crippen LogP contribution < -0.4 is 15.0 Å². The van der Waals surface area contributed by atoms with E-state index in [2.05, 4.69) is 34.0 Å². The number of likely N-dealkylation sites (N-methyl/N-ethyl adjacent to an activating group) is 1. The molecule has 0 saturated heterocycles. The first-order valence-corrected chi connectivity index (χ1v) is 5.86. The first-order chi connectivity index (χ1) is 8.06. The van der Waals surface area contributed by atoms with Gasteiger partial charge in [-0.15, -0.1) is 0 Å². The molecule has 0 radical (unpaired) electrons. The van der Waals surface area contributed by atoms with Crippen LogP contribution in [0.1, 0.15) is 19.4 Å². The van der Waals surface area contributed by atoms with E-state index in [9.17, 15) is 0 Å². The Labute approximate surface area is 103 Å². The highest BCUT2D eigenvalue weighted by molar-refractivity contribution is 5.49. The van der Waals surface area contributed by atoms with Crippen molar-refractivity contribution < 1.29 is 4.74 Å². The van der Waals surface area contributed by atoms with E-state index in [-0.39, 0.29) is 0 Å². The Hall–Kier alpha value is -1.36. The topological polar surface area (TPSA) is 50.3 Å². The molecule has 0 amide bonds. The Morgan fingerprint density at radius 2 is 2.12 bits per heavy atom. The number of methoxy groups -OCH3 is 1. The fourth-order valence-electron chi connectivity index (χ4n) is 1.64. The van der Waals surface area contributed by atoms with Crippen molar-refractivity contribution >= 4 is 5.82 Å². The minimum atomic E-state index is 0.504. The summed E-state index contributed by atoms with van der Waals surface area (Å²) in [5.74, 6) is 1.56. The Bertz CT molecular complexity index is 354. The van der Waals surface area contributed by atoms with Crippen LogP contribution in [0.5, 0.6) is 5.88 Å². The molecule has 0 fully saturated rings. The number of ether oxygens (including phenoxy) is 1. The Morgan fingerprint density at radius 3 is 2.71 bits per heavy atom. The van der Waals surface area contributed by atoms with Gasteiger partial charge in [-0.05, 0) is 6.92 Å². The van der Waals surface area contributed by atoms with Crippen LogP contribution in [-0.4, -0.2) is 43.3 Å². The SMILES string of the molecule is COc1ncnc(N(C)CCNC(C)C)c1C. The molecule has 1 rings (SSSR count). The zero-order valence-corrected chi connectivity index (χ0v) is 11.3. The summed E-state index contributed by atoms with van der Waals surface area (Å²) < 4.78 is 5.19. The van der Waals surface area contributed by atoms with Gasteiger partial charge in [0, 0.05) is 26.2 Å². The summed E-state index contributed by atoms with van der Waals surface area (Å²) in [6, 6.07) is 0.504. The lowest BCUT2D eigenvalue weighted by Crippen LogP contribution is -2.33. The molecule has 17 heavy (non-hydrogen) atoms. The average Bonchev–Trinajstić information content (AvgIpc) is 2.28. The third kappa shape index (κ3) is 3.85. The molecule has 0 aromatic carbocycles. The van der Waals surface area contributed by atoms with E-state index in [4.69, 9.17) is 4.74 Å². The van der Waals surface area contributed by atoms with Gasteiger partial charge in [-0.1, -0.05) is 13.8 Å². The maximum atomic E-state index is 5.19. The van der Waals surface area contributed by atoms with Gasteiger partial charge >= 0.3 is 0 Å². The highest BCUT2D eigenvalue weighted by Crippen LogP contribution is 2.22. The summed E-state index contributed by atoms with van der Waals surface area (Å²) in [5.41, 5.74) is 0.974. The van der Waals surface area contributed by atoms with E-state index in [1.54, 1.807) is 7.11 Å². The lowest BCUT2D eigenvalue weighted by atomic mass is 10.3. The third-order valence-electron chi connectivity index (χ3n) is 2.57. The second-order valence-corrected chi connectivity index (χ2v) is 4.36. The maximum absolute atomic E-state index is 5.19. The van der Waals surface area contributed by atoms with Crippen LogP contribution in [0.3, 0.4) is 0 Å². The fourth-order valence-corrected chi connectivity index (χ4v) is 1.64. The number of anilines is 1. The molecule has 0 aliphatic carbocycles. The molecule has 0 aliphatic rings.